The second-order valence-electron chi connectivity index (χ2n) is 9.90. The number of rotatable bonds is 5. The molecule has 0 bridgehead atoms. The standard InChI is InChI=1S/C27H32N8O/c1-33-11-4-5-19(33)17-36-27-22(15-28)23-16-35(25-21-6-2-3-7-24(21)30-18-31-25)12-8-20(23)26(32-27)34-13-9-29-10-14-34/h2-3,6-7,18-19,29H,4-5,8-14,16-17H2,1H3. The summed E-state index contributed by atoms with van der Waals surface area (Å²) in [5.74, 6) is 2.36. The van der Waals surface area contributed by atoms with Crippen LogP contribution in [0.2, 0.25) is 0 Å². The van der Waals surface area contributed by atoms with Gasteiger partial charge in [0.2, 0.25) is 5.88 Å². The van der Waals surface area contributed by atoms with E-state index in [1.54, 1.807) is 6.33 Å². The number of ether oxygens (including phenoxy) is 1. The fraction of sp³-hybridized carbons (Fsp3) is 0.481. The highest BCUT2D eigenvalue weighted by Gasteiger charge is 2.31. The molecule has 6 rings (SSSR count). The Hall–Kier alpha value is -3.48. The number of hydrogen-bond donors (Lipinski definition) is 1. The number of nitrogens with one attached hydrogen (secondary N) is 1. The topological polar surface area (TPSA) is 93.4 Å². The summed E-state index contributed by atoms with van der Waals surface area (Å²) in [6.45, 7) is 6.71. The number of fused-ring (bicyclic) bond motifs is 2. The molecule has 1 N–H and O–H groups in total. The van der Waals surface area contributed by atoms with E-state index in [2.05, 4.69) is 49.2 Å². The number of piperazine rings is 1. The van der Waals surface area contributed by atoms with Crippen molar-refractivity contribution in [2.24, 2.45) is 0 Å². The second kappa shape index (κ2) is 9.88. The molecule has 1 atom stereocenters. The minimum atomic E-state index is 0.362. The Morgan fingerprint density at radius 3 is 2.72 bits per heavy atom. The summed E-state index contributed by atoms with van der Waals surface area (Å²) in [7, 11) is 2.14. The maximum atomic E-state index is 10.3. The molecule has 2 saturated heterocycles. The molecule has 0 radical (unpaired) electrons. The van der Waals surface area contributed by atoms with Gasteiger partial charge >= 0.3 is 0 Å². The first-order valence-corrected chi connectivity index (χ1v) is 12.9. The van der Waals surface area contributed by atoms with Crippen LogP contribution in [0.5, 0.6) is 5.88 Å². The molecule has 0 amide bonds. The highest BCUT2D eigenvalue weighted by atomic mass is 16.5. The van der Waals surface area contributed by atoms with Crippen LogP contribution in [0.25, 0.3) is 10.9 Å². The fourth-order valence-electron chi connectivity index (χ4n) is 5.73. The van der Waals surface area contributed by atoms with Crippen molar-refractivity contribution in [1.82, 2.24) is 25.2 Å². The number of nitrogens with zero attached hydrogens (tertiary/aromatic N) is 7. The van der Waals surface area contributed by atoms with E-state index in [0.717, 1.165) is 80.2 Å². The van der Waals surface area contributed by atoms with Gasteiger partial charge < -0.3 is 24.8 Å². The Morgan fingerprint density at radius 2 is 1.92 bits per heavy atom. The third-order valence-electron chi connectivity index (χ3n) is 7.77. The van der Waals surface area contributed by atoms with Gasteiger partial charge in [-0.2, -0.15) is 10.2 Å². The van der Waals surface area contributed by atoms with E-state index in [-0.39, 0.29) is 0 Å². The van der Waals surface area contributed by atoms with Crippen molar-refractivity contribution >= 4 is 22.5 Å². The summed E-state index contributed by atoms with van der Waals surface area (Å²) in [6.07, 6.45) is 4.73. The largest absolute Gasteiger partial charge is 0.475 e. The number of hydrogen-bond acceptors (Lipinski definition) is 9. The van der Waals surface area contributed by atoms with E-state index in [4.69, 9.17) is 9.72 Å². The first-order chi connectivity index (χ1) is 17.7. The smallest absolute Gasteiger partial charge is 0.234 e. The Kier molecular flexibility index (Phi) is 6.30. The lowest BCUT2D eigenvalue weighted by Gasteiger charge is -2.36. The quantitative estimate of drug-likeness (QED) is 0.586. The molecule has 2 aromatic heterocycles. The normalized spacial score (nSPS) is 20.4. The Balaban J connectivity index is 1.39. The van der Waals surface area contributed by atoms with Gasteiger partial charge in [-0.25, -0.2) is 9.97 Å². The van der Waals surface area contributed by atoms with Gasteiger partial charge in [0.15, 0.2) is 0 Å². The Morgan fingerprint density at radius 1 is 1.06 bits per heavy atom. The van der Waals surface area contributed by atoms with Gasteiger partial charge in [0.1, 0.15) is 36.2 Å². The lowest BCUT2D eigenvalue weighted by molar-refractivity contribution is 0.193. The van der Waals surface area contributed by atoms with E-state index in [9.17, 15) is 5.26 Å². The van der Waals surface area contributed by atoms with Crippen LogP contribution in [0.3, 0.4) is 0 Å². The highest BCUT2D eigenvalue weighted by molar-refractivity contribution is 5.89. The van der Waals surface area contributed by atoms with Crippen LogP contribution >= 0.6 is 0 Å². The molecule has 186 valence electrons. The van der Waals surface area contributed by atoms with Gasteiger partial charge in [-0.1, -0.05) is 12.1 Å². The monoisotopic (exact) mass is 484 g/mol. The van der Waals surface area contributed by atoms with Crippen LogP contribution in [0.15, 0.2) is 30.6 Å². The number of pyridine rings is 1. The molecule has 1 unspecified atom stereocenters. The van der Waals surface area contributed by atoms with Crippen molar-refractivity contribution in [1.29, 1.82) is 5.26 Å². The number of nitriles is 1. The molecule has 0 spiro atoms. The summed E-state index contributed by atoms with van der Waals surface area (Å²) >= 11 is 0. The minimum Gasteiger partial charge on any atom is -0.475 e. The molecular weight excluding hydrogens is 452 g/mol. The van der Waals surface area contributed by atoms with Gasteiger partial charge in [0.25, 0.3) is 0 Å². The zero-order chi connectivity index (χ0) is 24.5. The molecule has 1 aromatic carbocycles. The lowest BCUT2D eigenvalue weighted by Crippen LogP contribution is -2.45. The molecule has 2 fully saturated rings. The summed E-state index contributed by atoms with van der Waals surface area (Å²) < 4.78 is 6.33. The summed E-state index contributed by atoms with van der Waals surface area (Å²) in [4.78, 5) is 21.0. The van der Waals surface area contributed by atoms with Gasteiger partial charge in [0, 0.05) is 61.8 Å². The number of aromatic nitrogens is 3. The molecule has 3 aromatic rings. The first kappa shape index (κ1) is 23.0. The Labute approximate surface area is 211 Å². The van der Waals surface area contributed by atoms with Gasteiger partial charge in [-0.3, -0.25) is 0 Å². The number of benzene rings is 1. The molecule has 3 aliphatic rings. The van der Waals surface area contributed by atoms with Gasteiger partial charge in [-0.05, 0) is 45.0 Å². The zero-order valence-electron chi connectivity index (χ0n) is 20.8. The van der Waals surface area contributed by atoms with E-state index in [1.165, 1.54) is 12.0 Å². The van der Waals surface area contributed by atoms with E-state index < -0.39 is 0 Å². The van der Waals surface area contributed by atoms with Crippen LogP contribution in [-0.2, 0) is 13.0 Å². The van der Waals surface area contributed by atoms with Crippen LogP contribution < -0.4 is 19.9 Å². The van der Waals surface area contributed by atoms with Crippen LogP contribution in [0.4, 0.5) is 11.6 Å². The van der Waals surface area contributed by atoms with Crippen LogP contribution in [0, 0.1) is 11.3 Å². The van der Waals surface area contributed by atoms with Crippen molar-refractivity contribution in [2.45, 2.75) is 31.8 Å². The third kappa shape index (κ3) is 4.21. The minimum absolute atomic E-state index is 0.362. The third-order valence-corrected chi connectivity index (χ3v) is 7.77. The molecule has 0 aliphatic carbocycles. The molecule has 36 heavy (non-hydrogen) atoms. The maximum Gasteiger partial charge on any atom is 0.234 e. The van der Waals surface area contributed by atoms with E-state index in [1.807, 2.05) is 18.2 Å². The van der Waals surface area contributed by atoms with Crippen molar-refractivity contribution < 1.29 is 4.74 Å². The predicted molar refractivity (Wildman–Crippen MR) is 139 cm³/mol. The van der Waals surface area contributed by atoms with Gasteiger partial charge in [-0.15, -0.1) is 0 Å². The first-order valence-electron chi connectivity index (χ1n) is 12.9. The van der Waals surface area contributed by atoms with Gasteiger partial charge in [0.05, 0.1) is 5.52 Å². The molecule has 3 aliphatic heterocycles. The predicted octanol–water partition coefficient (Wildman–Crippen LogP) is 2.34. The van der Waals surface area contributed by atoms with Crippen LogP contribution in [0.1, 0.15) is 29.5 Å². The average Bonchev–Trinajstić information content (AvgIpc) is 3.35. The number of anilines is 2. The second-order valence-corrected chi connectivity index (χ2v) is 9.90. The number of likely N-dealkylation sites (tertiary alicyclic amines) is 1. The molecule has 0 saturated carbocycles. The lowest BCUT2D eigenvalue weighted by atomic mass is 9.95. The molecular formula is C27H32N8O. The van der Waals surface area contributed by atoms with Crippen molar-refractivity contribution in [3.63, 3.8) is 0 Å². The van der Waals surface area contributed by atoms with Crippen LogP contribution in [-0.4, -0.2) is 78.8 Å². The van der Waals surface area contributed by atoms with E-state index >= 15 is 0 Å². The highest BCUT2D eigenvalue weighted by Crippen LogP contribution is 2.37. The fourth-order valence-corrected chi connectivity index (χ4v) is 5.73. The van der Waals surface area contributed by atoms with Crippen molar-refractivity contribution in [3.8, 4) is 11.9 Å². The van der Waals surface area contributed by atoms with E-state index in [0.29, 0.717) is 30.6 Å². The molecule has 9 heteroatoms. The Bertz CT molecular complexity index is 1290. The van der Waals surface area contributed by atoms with Crippen molar-refractivity contribution in [2.75, 3.05) is 62.7 Å². The van der Waals surface area contributed by atoms with Crippen molar-refractivity contribution in [3.05, 3.63) is 47.3 Å². The maximum absolute atomic E-state index is 10.3. The number of para-hydroxylation sites is 1. The summed E-state index contributed by atoms with van der Waals surface area (Å²) in [5, 5.41) is 14.8. The summed E-state index contributed by atoms with van der Waals surface area (Å²) in [6, 6.07) is 10.9. The average molecular weight is 485 g/mol. The molecule has 5 heterocycles. The zero-order valence-corrected chi connectivity index (χ0v) is 20.8. The summed E-state index contributed by atoms with van der Waals surface area (Å²) in [5.41, 5.74) is 3.68. The number of likely N-dealkylation sites (N-methyl/N-ethyl adjacent to an activating group) is 1. The molecule has 9 nitrogen and oxygen atoms in total. The SMILES string of the molecule is CN1CCCC1COc1nc(N2CCNCC2)c2c(c1C#N)CN(c1ncnc3ccccc13)CC2.